The molecule has 8 heteroatoms. The van der Waals surface area contributed by atoms with Crippen LogP contribution < -0.4 is 5.32 Å². The van der Waals surface area contributed by atoms with Gasteiger partial charge in [0.05, 0.1) is 18.4 Å². The van der Waals surface area contributed by atoms with Crippen molar-refractivity contribution in [3.63, 3.8) is 0 Å². The van der Waals surface area contributed by atoms with Gasteiger partial charge in [-0.05, 0) is 31.9 Å². The summed E-state index contributed by atoms with van der Waals surface area (Å²) in [5, 5.41) is 3.94. The number of piperidine rings is 1. The number of rotatable bonds is 5. The van der Waals surface area contributed by atoms with Crippen molar-refractivity contribution in [1.29, 1.82) is 0 Å². The molecule has 2 aliphatic rings. The highest BCUT2D eigenvalue weighted by Gasteiger charge is 2.32. The molecule has 7 nitrogen and oxygen atoms in total. The summed E-state index contributed by atoms with van der Waals surface area (Å²) in [6.45, 7) is 2.44. The third kappa shape index (κ3) is 4.17. The Hall–Kier alpha value is -1.54. The smallest absolute Gasteiger partial charge is 0.251 e. The van der Waals surface area contributed by atoms with Crippen LogP contribution in [0, 0.1) is 5.92 Å². The number of imidazole rings is 1. The van der Waals surface area contributed by atoms with Gasteiger partial charge in [-0.25, -0.2) is 4.98 Å². The Labute approximate surface area is 152 Å². The summed E-state index contributed by atoms with van der Waals surface area (Å²) < 4.78 is 7.47. The second-order valence-corrected chi connectivity index (χ2v) is 7.39. The minimum atomic E-state index is -0.263. The summed E-state index contributed by atoms with van der Waals surface area (Å²) >= 11 is 1.58. The van der Waals surface area contributed by atoms with Gasteiger partial charge in [-0.2, -0.15) is 0 Å². The molecule has 0 aromatic carbocycles. The van der Waals surface area contributed by atoms with Gasteiger partial charge >= 0.3 is 0 Å². The number of aromatic nitrogens is 2. The fourth-order valence-electron chi connectivity index (χ4n) is 3.44. The van der Waals surface area contributed by atoms with E-state index >= 15 is 0 Å². The quantitative estimate of drug-likeness (QED) is 0.792. The number of hydrogen-bond donors (Lipinski definition) is 1. The fraction of sp³-hybridized carbons (Fsp3) is 0.706. The first-order valence-electron chi connectivity index (χ1n) is 8.83. The van der Waals surface area contributed by atoms with E-state index in [-0.39, 0.29) is 23.8 Å². The molecule has 3 rings (SSSR count). The van der Waals surface area contributed by atoms with Crippen LogP contribution in [-0.2, 0) is 27.9 Å². The summed E-state index contributed by atoms with van der Waals surface area (Å²) in [5.41, 5.74) is 0.990. The molecule has 0 radical (unpaired) electrons. The molecule has 0 saturated carbocycles. The monoisotopic (exact) mass is 366 g/mol. The van der Waals surface area contributed by atoms with Gasteiger partial charge in [0.15, 0.2) is 5.16 Å². The molecule has 1 aromatic rings. The lowest BCUT2D eigenvalue weighted by Gasteiger charge is -2.32. The number of amides is 2. The Balaban J connectivity index is 1.45. The normalized spacial score (nSPS) is 21.5. The van der Waals surface area contributed by atoms with Crippen LogP contribution in [0.1, 0.15) is 31.4 Å². The third-order valence-electron chi connectivity index (χ3n) is 5.05. The molecule has 2 aliphatic heterocycles. The van der Waals surface area contributed by atoms with Gasteiger partial charge in [-0.3, -0.25) is 9.59 Å². The summed E-state index contributed by atoms with van der Waals surface area (Å²) in [6, 6.07) is 0. The molecule has 1 N–H and O–H groups in total. The van der Waals surface area contributed by atoms with E-state index in [1.165, 1.54) is 0 Å². The highest BCUT2D eigenvalue weighted by atomic mass is 32.2. The van der Waals surface area contributed by atoms with Crippen molar-refractivity contribution >= 4 is 23.6 Å². The minimum Gasteiger partial charge on any atom is -0.368 e. The topological polar surface area (TPSA) is 76.5 Å². The van der Waals surface area contributed by atoms with E-state index in [1.807, 2.05) is 22.8 Å². The molecule has 2 fully saturated rings. The van der Waals surface area contributed by atoms with Gasteiger partial charge in [0.2, 0.25) is 5.91 Å². The van der Waals surface area contributed by atoms with Crippen molar-refractivity contribution < 1.29 is 14.3 Å². The number of carbonyl (C=O) groups excluding carboxylic acids is 2. The maximum Gasteiger partial charge on any atom is 0.251 e. The lowest BCUT2D eigenvalue weighted by molar-refractivity contribution is -0.143. The number of thioether (sulfide) groups is 1. The summed E-state index contributed by atoms with van der Waals surface area (Å²) in [7, 11) is 1.95. The van der Waals surface area contributed by atoms with Crippen molar-refractivity contribution in [3.05, 3.63) is 11.9 Å². The zero-order valence-electron chi connectivity index (χ0n) is 14.9. The Kier molecular flexibility index (Phi) is 6.01. The SMILES string of the molecule is CSc1ncc(CNC(=O)C2CCN(C(=O)C3CCCO3)CC2)n1C. The van der Waals surface area contributed by atoms with Crippen LogP contribution in [0.25, 0.3) is 0 Å². The van der Waals surface area contributed by atoms with Crippen molar-refractivity contribution in [2.45, 2.75) is 43.5 Å². The second kappa shape index (κ2) is 8.23. The van der Waals surface area contributed by atoms with Gasteiger partial charge in [0.1, 0.15) is 6.10 Å². The Morgan fingerprint density at radius 3 is 2.72 bits per heavy atom. The fourth-order valence-corrected chi connectivity index (χ4v) is 3.99. The molecular weight excluding hydrogens is 340 g/mol. The van der Waals surface area contributed by atoms with E-state index in [0.29, 0.717) is 39.1 Å². The van der Waals surface area contributed by atoms with Crippen molar-refractivity contribution in [2.75, 3.05) is 26.0 Å². The van der Waals surface area contributed by atoms with Crippen LogP contribution in [0.3, 0.4) is 0 Å². The third-order valence-corrected chi connectivity index (χ3v) is 5.80. The van der Waals surface area contributed by atoms with Gasteiger partial charge in [-0.1, -0.05) is 11.8 Å². The zero-order valence-corrected chi connectivity index (χ0v) is 15.7. The van der Waals surface area contributed by atoms with E-state index in [9.17, 15) is 9.59 Å². The number of nitrogens with zero attached hydrogens (tertiary/aromatic N) is 3. The molecule has 0 bridgehead atoms. The van der Waals surface area contributed by atoms with Crippen molar-refractivity contribution in [2.24, 2.45) is 13.0 Å². The highest BCUT2D eigenvalue weighted by molar-refractivity contribution is 7.98. The van der Waals surface area contributed by atoms with Crippen LogP contribution in [0.15, 0.2) is 11.4 Å². The van der Waals surface area contributed by atoms with Crippen LogP contribution in [0.5, 0.6) is 0 Å². The first-order valence-corrected chi connectivity index (χ1v) is 10.0. The van der Waals surface area contributed by atoms with Crippen LogP contribution in [-0.4, -0.2) is 58.3 Å². The van der Waals surface area contributed by atoms with E-state index in [4.69, 9.17) is 4.74 Å². The molecule has 1 atom stereocenters. The minimum absolute atomic E-state index is 0.0261. The largest absolute Gasteiger partial charge is 0.368 e. The van der Waals surface area contributed by atoms with E-state index < -0.39 is 0 Å². The lowest BCUT2D eigenvalue weighted by atomic mass is 9.95. The van der Waals surface area contributed by atoms with Gasteiger partial charge in [-0.15, -0.1) is 0 Å². The maximum absolute atomic E-state index is 12.4. The number of nitrogens with one attached hydrogen (secondary N) is 1. The number of carbonyl (C=O) groups is 2. The average Bonchev–Trinajstić information content (AvgIpc) is 3.29. The van der Waals surface area contributed by atoms with E-state index in [0.717, 1.165) is 23.7 Å². The van der Waals surface area contributed by atoms with Gasteiger partial charge in [0, 0.05) is 32.7 Å². The lowest BCUT2D eigenvalue weighted by Crippen LogP contribution is -2.46. The summed E-state index contributed by atoms with van der Waals surface area (Å²) in [5.74, 6) is 0.133. The maximum atomic E-state index is 12.4. The molecule has 138 valence electrons. The molecule has 0 spiro atoms. The number of likely N-dealkylation sites (tertiary alicyclic amines) is 1. The predicted octanol–water partition coefficient (Wildman–Crippen LogP) is 1.18. The predicted molar refractivity (Wildman–Crippen MR) is 95.1 cm³/mol. The molecule has 25 heavy (non-hydrogen) atoms. The van der Waals surface area contributed by atoms with Gasteiger partial charge < -0.3 is 19.5 Å². The van der Waals surface area contributed by atoms with Crippen molar-refractivity contribution in [1.82, 2.24) is 19.8 Å². The number of ether oxygens (including phenoxy) is 1. The molecule has 2 saturated heterocycles. The summed E-state index contributed by atoms with van der Waals surface area (Å²) in [6.07, 6.45) is 6.73. The molecule has 2 amide bonds. The average molecular weight is 366 g/mol. The first kappa shape index (κ1) is 18.3. The molecular formula is C17H26N4O3S. The number of hydrogen-bond acceptors (Lipinski definition) is 5. The zero-order chi connectivity index (χ0) is 17.8. The second-order valence-electron chi connectivity index (χ2n) is 6.61. The molecule has 1 aromatic heterocycles. The molecule has 0 aliphatic carbocycles. The standard InChI is InChI=1S/C17H26N4O3S/c1-20-13(11-19-17(20)25-2)10-18-15(22)12-5-7-21(8-6-12)16(23)14-4-3-9-24-14/h11-12,14H,3-10H2,1-2H3,(H,18,22). The first-order chi connectivity index (χ1) is 12.1. The Morgan fingerprint density at radius 1 is 1.36 bits per heavy atom. The summed E-state index contributed by atoms with van der Waals surface area (Å²) in [4.78, 5) is 30.9. The molecule has 1 unspecified atom stereocenters. The highest BCUT2D eigenvalue weighted by Crippen LogP contribution is 2.21. The van der Waals surface area contributed by atoms with Crippen molar-refractivity contribution in [3.8, 4) is 0 Å². The van der Waals surface area contributed by atoms with Gasteiger partial charge in [0.25, 0.3) is 5.91 Å². The van der Waals surface area contributed by atoms with Crippen LogP contribution in [0.4, 0.5) is 0 Å². The Bertz CT molecular complexity index is 619. The Morgan fingerprint density at radius 2 is 2.12 bits per heavy atom. The van der Waals surface area contributed by atoms with E-state index in [1.54, 1.807) is 18.0 Å². The van der Waals surface area contributed by atoms with Crippen LogP contribution >= 0.6 is 11.8 Å². The molecule has 3 heterocycles. The van der Waals surface area contributed by atoms with Crippen LogP contribution in [0.2, 0.25) is 0 Å². The van der Waals surface area contributed by atoms with E-state index in [2.05, 4.69) is 10.3 Å².